The predicted molar refractivity (Wildman–Crippen MR) is 97.0 cm³/mol. The van der Waals surface area contributed by atoms with Crippen molar-refractivity contribution < 1.29 is 9.47 Å². The molecular formula is C18H19N5O2. The topological polar surface area (TPSA) is 81.2 Å². The molecular weight excluding hydrogens is 318 g/mol. The Hall–Kier alpha value is -3.35. The quantitative estimate of drug-likeness (QED) is 0.679. The fourth-order valence-corrected chi connectivity index (χ4v) is 2.24. The summed E-state index contributed by atoms with van der Waals surface area (Å²) in [6.45, 7) is 2.52. The van der Waals surface area contributed by atoms with E-state index in [1.54, 1.807) is 13.3 Å². The lowest BCUT2D eigenvalue weighted by Gasteiger charge is -2.11. The summed E-state index contributed by atoms with van der Waals surface area (Å²) < 4.78 is 10.8. The molecule has 1 heterocycles. The predicted octanol–water partition coefficient (Wildman–Crippen LogP) is 3.77. The van der Waals surface area contributed by atoms with Crippen molar-refractivity contribution in [3.05, 3.63) is 54.7 Å². The molecule has 0 aliphatic rings. The third-order valence-electron chi connectivity index (χ3n) is 3.33. The van der Waals surface area contributed by atoms with E-state index >= 15 is 0 Å². The number of para-hydroxylation sites is 2. The van der Waals surface area contributed by atoms with Gasteiger partial charge in [-0.1, -0.05) is 18.2 Å². The molecule has 7 nitrogen and oxygen atoms in total. The van der Waals surface area contributed by atoms with Crippen LogP contribution in [0.15, 0.2) is 54.7 Å². The van der Waals surface area contributed by atoms with Gasteiger partial charge in [-0.2, -0.15) is 10.1 Å². The zero-order valence-corrected chi connectivity index (χ0v) is 14.1. The van der Waals surface area contributed by atoms with Gasteiger partial charge in [-0.25, -0.2) is 0 Å². The van der Waals surface area contributed by atoms with E-state index in [9.17, 15) is 0 Å². The molecule has 0 amide bonds. The van der Waals surface area contributed by atoms with Gasteiger partial charge in [0.15, 0.2) is 5.82 Å². The van der Waals surface area contributed by atoms with E-state index in [1.807, 2.05) is 55.5 Å². The fourth-order valence-electron chi connectivity index (χ4n) is 2.24. The Morgan fingerprint density at radius 2 is 1.92 bits per heavy atom. The van der Waals surface area contributed by atoms with Crippen molar-refractivity contribution in [2.24, 2.45) is 0 Å². The molecule has 3 aromatic rings. The monoisotopic (exact) mass is 337 g/mol. The highest BCUT2D eigenvalue weighted by Gasteiger charge is 2.06. The number of ether oxygens (including phenoxy) is 2. The third-order valence-corrected chi connectivity index (χ3v) is 3.33. The van der Waals surface area contributed by atoms with E-state index < -0.39 is 0 Å². The first kappa shape index (κ1) is 16.5. The van der Waals surface area contributed by atoms with Crippen LogP contribution in [-0.2, 0) is 0 Å². The number of nitrogens with one attached hydrogen (secondary N) is 2. The number of hydrogen-bond donors (Lipinski definition) is 2. The molecule has 0 saturated carbocycles. The van der Waals surface area contributed by atoms with Crippen molar-refractivity contribution in [1.82, 2.24) is 15.2 Å². The van der Waals surface area contributed by atoms with Gasteiger partial charge in [0.25, 0.3) is 0 Å². The molecule has 0 radical (unpaired) electrons. The lowest BCUT2D eigenvalue weighted by molar-refractivity contribution is 0.342. The second-order valence-electron chi connectivity index (χ2n) is 5.08. The molecule has 3 rings (SSSR count). The Balaban J connectivity index is 1.77. The maximum Gasteiger partial charge on any atom is 0.249 e. The second-order valence-corrected chi connectivity index (χ2v) is 5.08. The van der Waals surface area contributed by atoms with Crippen molar-refractivity contribution in [1.29, 1.82) is 0 Å². The number of benzene rings is 2. The molecule has 0 aliphatic heterocycles. The molecule has 0 bridgehead atoms. The van der Waals surface area contributed by atoms with Crippen LogP contribution in [0.4, 0.5) is 23.1 Å². The average molecular weight is 337 g/mol. The van der Waals surface area contributed by atoms with Gasteiger partial charge in [0, 0.05) is 11.8 Å². The van der Waals surface area contributed by atoms with Crippen molar-refractivity contribution in [3.8, 4) is 11.5 Å². The SMILES string of the molecule is CCOc1ccccc1Nc1nncc(Nc2cccc(OC)c2)n1. The van der Waals surface area contributed by atoms with Crippen LogP contribution in [-0.4, -0.2) is 28.9 Å². The minimum Gasteiger partial charge on any atom is -0.497 e. The van der Waals surface area contributed by atoms with Crippen molar-refractivity contribution >= 4 is 23.1 Å². The molecule has 25 heavy (non-hydrogen) atoms. The summed E-state index contributed by atoms with van der Waals surface area (Å²) in [6, 6.07) is 15.2. The number of methoxy groups -OCH3 is 1. The Kier molecular flexibility index (Phi) is 5.26. The van der Waals surface area contributed by atoms with Crippen LogP contribution in [0.25, 0.3) is 0 Å². The van der Waals surface area contributed by atoms with E-state index in [-0.39, 0.29) is 0 Å². The molecule has 0 unspecified atom stereocenters. The highest BCUT2D eigenvalue weighted by Crippen LogP contribution is 2.26. The summed E-state index contributed by atoms with van der Waals surface area (Å²) in [7, 11) is 1.63. The Bertz CT molecular complexity index is 841. The minimum absolute atomic E-state index is 0.375. The van der Waals surface area contributed by atoms with Gasteiger partial charge in [0.05, 0.1) is 25.6 Å². The number of aromatic nitrogens is 3. The van der Waals surface area contributed by atoms with E-state index in [1.165, 1.54) is 0 Å². The maximum atomic E-state index is 5.59. The van der Waals surface area contributed by atoms with Crippen LogP contribution in [0.1, 0.15) is 6.92 Å². The zero-order chi connectivity index (χ0) is 17.5. The number of rotatable bonds is 7. The first-order valence-corrected chi connectivity index (χ1v) is 7.88. The van der Waals surface area contributed by atoms with Crippen LogP contribution < -0.4 is 20.1 Å². The summed E-state index contributed by atoms with van der Waals surface area (Å²) in [4.78, 5) is 4.43. The summed E-state index contributed by atoms with van der Waals surface area (Å²) in [5, 5.41) is 14.3. The number of nitrogens with zero attached hydrogens (tertiary/aromatic N) is 3. The molecule has 1 aromatic heterocycles. The van der Waals surface area contributed by atoms with Gasteiger partial charge in [-0.3, -0.25) is 0 Å². The number of anilines is 4. The molecule has 0 spiro atoms. The molecule has 2 aromatic carbocycles. The summed E-state index contributed by atoms with van der Waals surface area (Å²) >= 11 is 0. The smallest absolute Gasteiger partial charge is 0.249 e. The Morgan fingerprint density at radius 3 is 2.76 bits per heavy atom. The normalized spacial score (nSPS) is 10.2. The van der Waals surface area contributed by atoms with Crippen LogP contribution in [0.3, 0.4) is 0 Å². The maximum absolute atomic E-state index is 5.59. The van der Waals surface area contributed by atoms with E-state index in [0.717, 1.165) is 22.9 Å². The lowest BCUT2D eigenvalue weighted by Crippen LogP contribution is -2.04. The van der Waals surface area contributed by atoms with Crippen molar-refractivity contribution in [3.63, 3.8) is 0 Å². The van der Waals surface area contributed by atoms with Crippen LogP contribution in [0.5, 0.6) is 11.5 Å². The van der Waals surface area contributed by atoms with Crippen molar-refractivity contribution in [2.75, 3.05) is 24.4 Å². The standard InChI is InChI=1S/C18H19N5O2/c1-3-25-16-10-5-4-9-15(16)21-18-22-17(12-19-23-18)20-13-7-6-8-14(11-13)24-2/h4-12H,3H2,1-2H3,(H2,20,21,22,23). The van der Waals surface area contributed by atoms with Crippen LogP contribution >= 0.6 is 0 Å². The minimum atomic E-state index is 0.375. The highest BCUT2D eigenvalue weighted by molar-refractivity contribution is 5.64. The summed E-state index contributed by atoms with van der Waals surface area (Å²) in [6.07, 6.45) is 1.55. The van der Waals surface area contributed by atoms with Gasteiger partial charge in [-0.05, 0) is 31.2 Å². The van der Waals surface area contributed by atoms with Gasteiger partial charge in [0.2, 0.25) is 5.95 Å². The fraction of sp³-hybridized carbons (Fsp3) is 0.167. The molecule has 0 atom stereocenters. The highest BCUT2D eigenvalue weighted by atomic mass is 16.5. The second kappa shape index (κ2) is 7.96. The van der Waals surface area contributed by atoms with Crippen molar-refractivity contribution in [2.45, 2.75) is 6.92 Å². The first-order valence-electron chi connectivity index (χ1n) is 7.88. The first-order chi connectivity index (χ1) is 12.3. The van der Waals surface area contributed by atoms with E-state index in [2.05, 4.69) is 25.8 Å². The van der Waals surface area contributed by atoms with Gasteiger partial charge < -0.3 is 20.1 Å². The molecule has 0 fully saturated rings. The molecule has 2 N–H and O–H groups in total. The van der Waals surface area contributed by atoms with Gasteiger partial charge in [-0.15, -0.1) is 5.10 Å². The van der Waals surface area contributed by atoms with Gasteiger partial charge in [0.1, 0.15) is 11.5 Å². The van der Waals surface area contributed by atoms with Crippen LogP contribution in [0.2, 0.25) is 0 Å². The average Bonchev–Trinajstić information content (AvgIpc) is 2.64. The van der Waals surface area contributed by atoms with E-state index in [4.69, 9.17) is 9.47 Å². The zero-order valence-electron chi connectivity index (χ0n) is 14.1. The summed E-state index contributed by atoms with van der Waals surface area (Å²) in [5.74, 6) is 2.44. The molecule has 128 valence electrons. The Labute approximate surface area is 146 Å². The largest absolute Gasteiger partial charge is 0.497 e. The summed E-state index contributed by atoms with van der Waals surface area (Å²) in [5.41, 5.74) is 1.63. The molecule has 0 aliphatic carbocycles. The molecule has 0 saturated heterocycles. The third kappa shape index (κ3) is 4.35. The molecule has 7 heteroatoms. The Morgan fingerprint density at radius 1 is 1.04 bits per heavy atom. The lowest BCUT2D eigenvalue weighted by atomic mass is 10.3. The van der Waals surface area contributed by atoms with Crippen LogP contribution in [0, 0.1) is 0 Å². The van der Waals surface area contributed by atoms with E-state index in [0.29, 0.717) is 18.4 Å². The number of hydrogen-bond acceptors (Lipinski definition) is 7. The van der Waals surface area contributed by atoms with Gasteiger partial charge >= 0.3 is 0 Å².